The summed E-state index contributed by atoms with van der Waals surface area (Å²) in [6.45, 7) is 9.46. The zero-order valence-corrected chi connectivity index (χ0v) is 23.1. The summed E-state index contributed by atoms with van der Waals surface area (Å²) < 4.78 is 0. The number of carbonyl (C=O) groups is 3. The molecule has 1 aliphatic rings. The molecular formula is C25H33BrN4O4S. The number of aliphatic hydroxyl groups is 1. The van der Waals surface area contributed by atoms with E-state index in [1.165, 1.54) is 4.90 Å². The lowest BCUT2D eigenvalue weighted by molar-refractivity contribution is -0.143. The SMILES string of the molecule is Cc1ncsc1-c1ccc(C(C)NC(=O)[C@@H]2C[C@@H](O)CN2C(=O)C(NC(=O)CBr)C(C)(C)C)cc1. The topological polar surface area (TPSA) is 112 Å². The van der Waals surface area contributed by atoms with Crippen LogP contribution in [0.25, 0.3) is 10.4 Å². The monoisotopic (exact) mass is 564 g/mol. The molecule has 190 valence electrons. The van der Waals surface area contributed by atoms with Crippen LogP contribution >= 0.6 is 27.3 Å². The van der Waals surface area contributed by atoms with Crippen molar-refractivity contribution in [3.63, 3.8) is 0 Å². The standard InChI is InChI=1S/C25H33BrN4O4S/c1-14(16-6-8-17(9-7-16)21-15(2)27-13-35-21)28-23(33)19-10-18(31)12-30(19)24(34)22(25(3,4)5)29-20(32)11-26/h6-9,13-14,18-19,22,31H,10-12H2,1-5H3,(H,28,33)(H,29,32)/t14?,18-,19+,22?/m1/s1. The lowest BCUT2D eigenvalue weighted by Gasteiger charge is -2.35. The number of nitrogens with one attached hydrogen (secondary N) is 2. The van der Waals surface area contributed by atoms with Gasteiger partial charge in [-0.15, -0.1) is 11.3 Å². The fourth-order valence-electron chi connectivity index (χ4n) is 4.22. The Morgan fingerprint density at radius 2 is 1.89 bits per heavy atom. The van der Waals surface area contributed by atoms with E-state index in [2.05, 4.69) is 31.5 Å². The van der Waals surface area contributed by atoms with Crippen LogP contribution in [0.5, 0.6) is 0 Å². The first-order valence-corrected chi connectivity index (χ1v) is 13.6. The van der Waals surface area contributed by atoms with Gasteiger partial charge in [-0.3, -0.25) is 14.4 Å². The highest BCUT2D eigenvalue weighted by atomic mass is 79.9. The van der Waals surface area contributed by atoms with Crippen LogP contribution in [0.2, 0.25) is 0 Å². The van der Waals surface area contributed by atoms with E-state index in [0.717, 1.165) is 21.7 Å². The van der Waals surface area contributed by atoms with Crippen molar-refractivity contribution in [2.45, 2.75) is 65.3 Å². The number of rotatable bonds is 7. The summed E-state index contributed by atoms with van der Waals surface area (Å²) in [6.07, 6.45) is -0.656. The van der Waals surface area contributed by atoms with E-state index in [9.17, 15) is 19.5 Å². The second-order valence-electron chi connectivity index (χ2n) is 10.0. The number of nitrogens with zero attached hydrogens (tertiary/aromatic N) is 2. The second kappa shape index (κ2) is 11.2. The quantitative estimate of drug-likeness (QED) is 0.447. The number of carbonyl (C=O) groups excluding carboxylic acids is 3. The fraction of sp³-hybridized carbons (Fsp3) is 0.520. The molecule has 0 radical (unpaired) electrons. The third-order valence-corrected chi connectivity index (χ3v) is 7.67. The highest BCUT2D eigenvalue weighted by molar-refractivity contribution is 9.09. The second-order valence-corrected chi connectivity index (χ2v) is 11.4. The van der Waals surface area contributed by atoms with Crippen LogP contribution in [0.1, 0.15) is 51.4 Å². The van der Waals surface area contributed by atoms with E-state index >= 15 is 0 Å². The molecule has 0 saturated carbocycles. The average molecular weight is 566 g/mol. The molecule has 10 heteroatoms. The highest BCUT2D eigenvalue weighted by Crippen LogP contribution is 2.29. The summed E-state index contributed by atoms with van der Waals surface area (Å²) in [6, 6.07) is 6.02. The van der Waals surface area contributed by atoms with Crippen LogP contribution in [0.4, 0.5) is 0 Å². The van der Waals surface area contributed by atoms with Gasteiger partial charge < -0.3 is 20.6 Å². The number of hydrogen-bond acceptors (Lipinski definition) is 6. The molecule has 3 amide bonds. The summed E-state index contributed by atoms with van der Waals surface area (Å²) in [5.74, 6) is -1.02. The van der Waals surface area contributed by atoms with Crippen LogP contribution in [0.15, 0.2) is 29.8 Å². The number of aryl methyl sites for hydroxylation is 1. The van der Waals surface area contributed by atoms with Gasteiger partial charge in [0.2, 0.25) is 17.7 Å². The van der Waals surface area contributed by atoms with E-state index < -0.39 is 23.6 Å². The Kier molecular flexibility index (Phi) is 8.72. The predicted molar refractivity (Wildman–Crippen MR) is 140 cm³/mol. The summed E-state index contributed by atoms with van der Waals surface area (Å²) in [5, 5.41) is 16.1. The molecule has 1 aromatic carbocycles. The summed E-state index contributed by atoms with van der Waals surface area (Å²) in [5.41, 5.74) is 4.23. The first-order chi connectivity index (χ1) is 16.4. The number of β-amino-alcohol motifs (C(OH)–C–C–N with tert-alkyl or cyclic N) is 1. The molecule has 8 nitrogen and oxygen atoms in total. The molecule has 0 spiro atoms. The number of likely N-dealkylation sites (tertiary alicyclic amines) is 1. The molecule has 2 heterocycles. The van der Waals surface area contributed by atoms with Crippen LogP contribution in [-0.4, -0.2) is 62.8 Å². The zero-order chi connectivity index (χ0) is 25.9. The van der Waals surface area contributed by atoms with Crippen molar-refractivity contribution in [2.24, 2.45) is 5.41 Å². The van der Waals surface area contributed by atoms with Gasteiger partial charge in [0.25, 0.3) is 0 Å². The van der Waals surface area contributed by atoms with Crippen molar-refractivity contribution in [1.29, 1.82) is 0 Å². The molecule has 3 N–H and O–H groups in total. The lowest BCUT2D eigenvalue weighted by Crippen LogP contribution is -2.58. The molecule has 1 saturated heterocycles. The third kappa shape index (κ3) is 6.48. The summed E-state index contributed by atoms with van der Waals surface area (Å²) in [4.78, 5) is 45.5. The zero-order valence-electron chi connectivity index (χ0n) is 20.7. The Balaban J connectivity index is 1.73. The lowest BCUT2D eigenvalue weighted by atomic mass is 9.85. The van der Waals surface area contributed by atoms with Gasteiger partial charge in [-0.05, 0) is 30.4 Å². The van der Waals surface area contributed by atoms with Crippen molar-refractivity contribution < 1.29 is 19.5 Å². The Labute approximate surface area is 218 Å². The largest absolute Gasteiger partial charge is 0.391 e. The van der Waals surface area contributed by atoms with Gasteiger partial charge in [-0.25, -0.2) is 4.98 Å². The molecule has 1 aromatic heterocycles. The smallest absolute Gasteiger partial charge is 0.246 e. The molecule has 35 heavy (non-hydrogen) atoms. The van der Waals surface area contributed by atoms with Crippen molar-refractivity contribution in [2.75, 3.05) is 11.9 Å². The van der Waals surface area contributed by atoms with E-state index in [4.69, 9.17) is 0 Å². The Morgan fingerprint density at radius 3 is 2.43 bits per heavy atom. The van der Waals surface area contributed by atoms with Gasteiger partial charge in [-0.2, -0.15) is 0 Å². The van der Waals surface area contributed by atoms with Gasteiger partial charge in [0.05, 0.1) is 33.6 Å². The maximum Gasteiger partial charge on any atom is 0.246 e. The Morgan fingerprint density at radius 1 is 1.23 bits per heavy atom. The highest BCUT2D eigenvalue weighted by Gasteiger charge is 2.44. The van der Waals surface area contributed by atoms with Gasteiger partial charge in [0.15, 0.2) is 0 Å². The molecule has 2 aromatic rings. The third-order valence-electron chi connectivity index (χ3n) is 6.18. The van der Waals surface area contributed by atoms with Crippen LogP contribution in [-0.2, 0) is 14.4 Å². The van der Waals surface area contributed by atoms with Crippen LogP contribution < -0.4 is 10.6 Å². The van der Waals surface area contributed by atoms with Gasteiger partial charge in [0, 0.05) is 13.0 Å². The molecule has 3 rings (SSSR count). The first-order valence-electron chi connectivity index (χ1n) is 11.6. The number of halogens is 1. The number of aromatic nitrogens is 1. The average Bonchev–Trinajstić information content (AvgIpc) is 3.41. The number of amides is 3. The van der Waals surface area contributed by atoms with Crippen molar-refractivity contribution in [1.82, 2.24) is 20.5 Å². The molecule has 1 aliphatic heterocycles. The van der Waals surface area contributed by atoms with Crippen molar-refractivity contribution in [3.05, 3.63) is 41.0 Å². The number of hydrogen-bond donors (Lipinski definition) is 3. The summed E-state index contributed by atoms with van der Waals surface area (Å²) >= 11 is 4.70. The maximum absolute atomic E-state index is 13.4. The summed E-state index contributed by atoms with van der Waals surface area (Å²) in [7, 11) is 0. The van der Waals surface area contributed by atoms with Crippen molar-refractivity contribution >= 4 is 45.0 Å². The minimum Gasteiger partial charge on any atom is -0.391 e. The normalized spacial score (nSPS) is 19.8. The Bertz CT molecular complexity index is 1070. The van der Waals surface area contributed by atoms with Crippen molar-refractivity contribution in [3.8, 4) is 10.4 Å². The van der Waals surface area contributed by atoms with Gasteiger partial charge in [0.1, 0.15) is 12.1 Å². The molecule has 4 atom stereocenters. The first kappa shape index (κ1) is 27.3. The maximum atomic E-state index is 13.4. The van der Waals surface area contributed by atoms with E-state index in [-0.39, 0.29) is 42.1 Å². The number of thiazole rings is 1. The molecular weight excluding hydrogens is 532 g/mol. The van der Waals surface area contributed by atoms with E-state index in [1.807, 2.05) is 64.4 Å². The molecule has 0 bridgehead atoms. The molecule has 0 aliphatic carbocycles. The van der Waals surface area contributed by atoms with Gasteiger partial charge >= 0.3 is 0 Å². The van der Waals surface area contributed by atoms with Gasteiger partial charge in [-0.1, -0.05) is 61.0 Å². The van der Waals surface area contributed by atoms with E-state index in [0.29, 0.717) is 0 Å². The van der Waals surface area contributed by atoms with Crippen LogP contribution in [0.3, 0.4) is 0 Å². The minimum atomic E-state index is -0.826. The van der Waals surface area contributed by atoms with Crippen LogP contribution in [0, 0.1) is 12.3 Å². The number of benzene rings is 1. The number of aliphatic hydroxyl groups excluding tert-OH is 1. The fourth-order valence-corrected chi connectivity index (χ4v) is 5.19. The molecule has 2 unspecified atom stereocenters. The molecule has 1 fully saturated rings. The minimum absolute atomic E-state index is 0.0466. The Hall–Kier alpha value is -2.30. The number of alkyl halides is 1. The predicted octanol–water partition coefficient (Wildman–Crippen LogP) is 3.18. The van der Waals surface area contributed by atoms with E-state index in [1.54, 1.807) is 11.3 Å².